The van der Waals surface area contributed by atoms with Gasteiger partial charge in [-0.25, -0.2) is 0 Å². The topological polar surface area (TPSA) is 90.7 Å². The molecule has 8 heteroatoms. The lowest BCUT2D eigenvalue weighted by molar-refractivity contribution is -0.114. The normalized spacial score (nSPS) is 15.0. The molecule has 1 aliphatic rings. The minimum absolute atomic E-state index is 0.0512. The zero-order chi connectivity index (χ0) is 21.4. The number of hydrogen-bond acceptors (Lipinski definition) is 5. The lowest BCUT2D eigenvalue weighted by Crippen LogP contribution is -2.22. The van der Waals surface area contributed by atoms with Crippen LogP contribution in [0, 0.1) is 11.7 Å². The Morgan fingerprint density at radius 2 is 1.67 bits per heavy atom. The van der Waals surface area contributed by atoms with E-state index in [4.69, 9.17) is 12.2 Å². The summed E-state index contributed by atoms with van der Waals surface area (Å²) in [4.78, 5) is 28.1. The van der Waals surface area contributed by atoms with Gasteiger partial charge in [-0.2, -0.15) is 10.1 Å². The Kier molecular flexibility index (Phi) is 4.93. The Bertz CT molecular complexity index is 1320. The molecule has 1 aliphatic heterocycles. The molecule has 150 valence electrons. The fraction of sp³-hybridized carbons (Fsp3) is 0.0909. The van der Waals surface area contributed by atoms with E-state index in [9.17, 15) is 14.7 Å². The first-order valence-electron chi connectivity index (χ1n) is 9.19. The first-order chi connectivity index (χ1) is 14.4. The molecule has 0 saturated heterocycles. The van der Waals surface area contributed by atoms with E-state index in [2.05, 4.69) is 10.1 Å². The van der Waals surface area contributed by atoms with E-state index in [-0.39, 0.29) is 27.7 Å². The molecule has 30 heavy (non-hydrogen) atoms. The summed E-state index contributed by atoms with van der Waals surface area (Å²) < 4.78 is 1.39. The molecule has 0 fully saturated rings. The van der Waals surface area contributed by atoms with Gasteiger partial charge in [-0.3, -0.25) is 19.1 Å². The van der Waals surface area contributed by atoms with Gasteiger partial charge in [0.15, 0.2) is 4.77 Å². The van der Waals surface area contributed by atoms with Gasteiger partial charge in [0.25, 0.3) is 11.5 Å². The van der Waals surface area contributed by atoms with Crippen LogP contribution in [0.4, 0.5) is 5.69 Å². The molecular formula is C22H18N4O3S. The van der Waals surface area contributed by atoms with Gasteiger partial charge in [0.1, 0.15) is 5.56 Å². The molecule has 0 radical (unpaired) electrons. The number of hydrogen-bond donors (Lipinski definition) is 2. The first kappa shape index (κ1) is 19.5. The summed E-state index contributed by atoms with van der Waals surface area (Å²) in [5, 5.41) is 16.4. The predicted molar refractivity (Wildman–Crippen MR) is 119 cm³/mol. The maximum absolute atomic E-state index is 13.0. The van der Waals surface area contributed by atoms with Crippen LogP contribution in [-0.4, -0.2) is 26.3 Å². The van der Waals surface area contributed by atoms with Crippen molar-refractivity contribution in [2.24, 2.45) is 5.10 Å². The van der Waals surface area contributed by atoms with E-state index in [1.165, 1.54) is 15.7 Å². The van der Waals surface area contributed by atoms with E-state index < -0.39 is 5.56 Å². The molecule has 2 heterocycles. The van der Waals surface area contributed by atoms with Crippen LogP contribution in [0.2, 0.25) is 0 Å². The van der Waals surface area contributed by atoms with Gasteiger partial charge in [-0.15, -0.1) is 0 Å². The molecular weight excluding hydrogens is 400 g/mol. The molecule has 0 unspecified atom stereocenters. The van der Waals surface area contributed by atoms with Crippen molar-refractivity contribution >= 4 is 35.6 Å². The summed E-state index contributed by atoms with van der Waals surface area (Å²) in [6.07, 6.45) is 1.34. The summed E-state index contributed by atoms with van der Waals surface area (Å²) >= 11 is 5.22. The Hall–Kier alpha value is -3.78. The molecule has 7 nitrogen and oxygen atoms in total. The SMILES string of the molecule is CC1=NN(c2ccc(C)cc2)C(=O)/C1=C\c1c(O)n(-c2ccccc2)c(=S)[nH]c1=O. The van der Waals surface area contributed by atoms with Crippen molar-refractivity contribution in [2.45, 2.75) is 13.8 Å². The number of amides is 1. The van der Waals surface area contributed by atoms with Crippen molar-refractivity contribution in [1.29, 1.82) is 0 Å². The summed E-state index contributed by atoms with van der Waals surface area (Å²) in [7, 11) is 0. The molecule has 0 saturated carbocycles. The third-order valence-corrected chi connectivity index (χ3v) is 5.05. The zero-order valence-electron chi connectivity index (χ0n) is 16.3. The largest absolute Gasteiger partial charge is 0.494 e. The molecule has 0 spiro atoms. The molecule has 3 aromatic rings. The number of carbonyl (C=O) groups is 1. The van der Waals surface area contributed by atoms with Gasteiger partial charge in [0, 0.05) is 0 Å². The Morgan fingerprint density at radius 1 is 1.00 bits per heavy atom. The summed E-state index contributed by atoms with van der Waals surface area (Å²) in [6.45, 7) is 3.63. The van der Waals surface area contributed by atoms with Crippen LogP contribution < -0.4 is 10.6 Å². The highest BCUT2D eigenvalue weighted by molar-refractivity contribution is 7.71. The van der Waals surface area contributed by atoms with Crippen molar-refractivity contribution in [1.82, 2.24) is 9.55 Å². The van der Waals surface area contributed by atoms with Crippen LogP contribution in [0.5, 0.6) is 5.88 Å². The van der Waals surface area contributed by atoms with Gasteiger partial charge in [0.2, 0.25) is 5.88 Å². The molecule has 0 aliphatic carbocycles. The van der Waals surface area contributed by atoms with Crippen LogP contribution in [0.15, 0.2) is 70.1 Å². The maximum Gasteiger partial charge on any atom is 0.280 e. The van der Waals surface area contributed by atoms with Crippen molar-refractivity contribution in [3.8, 4) is 11.6 Å². The van der Waals surface area contributed by atoms with E-state index in [0.717, 1.165) is 5.56 Å². The average Bonchev–Trinajstić information content (AvgIpc) is 3.00. The number of carbonyl (C=O) groups excluding carboxylic acids is 1. The highest BCUT2D eigenvalue weighted by atomic mass is 32.1. The fourth-order valence-electron chi connectivity index (χ4n) is 3.17. The molecule has 4 rings (SSSR count). The van der Waals surface area contributed by atoms with Crippen molar-refractivity contribution in [3.05, 3.63) is 86.4 Å². The second-order valence-electron chi connectivity index (χ2n) is 6.86. The standard InChI is InChI=1S/C22H18N4O3S/c1-13-8-10-16(11-9-13)26-21(29)17(14(2)24-26)12-18-19(27)23-22(30)25(20(18)28)15-6-4-3-5-7-15/h3-12,28H,1-2H3,(H,23,27,30)/b17-12-. The minimum atomic E-state index is -0.591. The molecule has 2 aromatic carbocycles. The van der Waals surface area contributed by atoms with Crippen molar-refractivity contribution in [2.75, 3.05) is 5.01 Å². The number of anilines is 1. The van der Waals surface area contributed by atoms with E-state index in [1.807, 2.05) is 25.1 Å². The molecule has 2 N–H and O–H groups in total. The summed E-state index contributed by atoms with van der Waals surface area (Å²) in [6, 6.07) is 16.3. The number of aryl methyl sites for hydroxylation is 1. The van der Waals surface area contributed by atoms with E-state index >= 15 is 0 Å². The number of rotatable bonds is 3. The molecule has 1 aromatic heterocycles. The van der Waals surface area contributed by atoms with Crippen molar-refractivity contribution < 1.29 is 9.90 Å². The number of aromatic amines is 1. The fourth-order valence-corrected chi connectivity index (χ4v) is 3.46. The number of nitrogens with one attached hydrogen (secondary N) is 1. The second kappa shape index (κ2) is 7.57. The van der Waals surface area contributed by atoms with Crippen molar-refractivity contribution in [3.63, 3.8) is 0 Å². The predicted octanol–water partition coefficient (Wildman–Crippen LogP) is 3.72. The number of benzene rings is 2. The smallest absolute Gasteiger partial charge is 0.280 e. The Balaban J connectivity index is 1.81. The van der Waals surface area contributed by atoms with Crippen LogP contribution in [0.1, 0.15) is 18.1 Å². The number of hydrazone groups is 1. The van der Waals surface area contributed by atoms with Gasteiger partial charge >= 0.3 is 0 Å². The lowest BCUT2D eigenvalue weighted by Gasteiger charge is -2.13. The van der Waals surface area contributed by atoms with Crippen LogP contribution >= 0.6 is 12.2 Å². The van der Waals surface area contributed by atoms with Gasteiger partial charge in [-0.1, -0.05) is 35.9 Å². The molecule has 1 amide bonds. The number of aromatic nitrogens is 2. The van der Waals surface area contributed by atoms with Crippen LogP contribution in [0.25, 0.3) is 11.8 Å². The Labute approximate surface area is 177 Å². The quantitative estimate of drug-likeness (QED) is 0.501. The number of nitrogens with zero attached hydrogens (tertiary/aromatic N) is 3. The monoisotopic (exact) mass is 418 g/mol. The third kappa shape index (κ3) is 3.37. The number of aromatic hydroxyl groups is 1. The Morgan fingerprint density at radius 3 is 2.33 bits per heavy atom. The average molecular weight is 418 g/mol. The number of H-pyrrole nitrogens is 1. The zero-order valence-corrected chi connectivity index (χ0v) is 17.1. The van der Waals surface area contributed by atoms with Gasteiger partial charge < -0.3 is 5.11 Å². The first-order valence-corrected chi connectivity index (χ1v) is 9.60. The van der Waals surface area contributed by atoms with Gasteiger partial charge in [-0.05, 0) is 56.4 Å². The highest BCUT2D eigenvalue weighted by Gasteiger charge is 2.29. The van der Waals surface area contributed by atoms with Crippen LogP contribution in [0.3, 0.4) is 0 Å². The second-order valence-corrected chi connectivity index (χ2v) is 7.25. The summed E-state index contributed by atoms with van der Waals surface area (Å²) in [5.74, 6) is -0.735. The van der Waals surface area contributed by atoms with Gasteiger partial charge in [0.05, 0.1) is 22.7 Å². The molecule has 0 bridgehead atoms. The third-order valence-electron chi connectivity index (χ3n) is 4.77. The minimum Gasteiger partial charge on any atom is -0.494 e. The molecule has 0 atom stereocenters. The highest BCUT2D eigenvalue weighted by Crippen LogP contribution is 2.27. The van der Waals surface area contributed by atoms with E-state index in [0.29, 0.717) is 17.1 Å². The van der Waals surface area contributed by atoms with Crippen LogP contribution in [-0.2, 0) is 4.79 Å². The van der Waals surface area contributed by atoms with E-state index in [1.54, 1.807) is 43.3 Å². The summed E-state index contributed by atoms with van der Waals surface area (Å²) in [5.41, 5.74) is 2.25. The lowest BCUT2D eigenvalue weighted by atomic mass is 10.1. The maximum atomic E-state index is 13.0. The number of para-hydroxylation sites is 1.